The smallest absolute Gasteiger partial charge is 0.364 e. The van der Waals surface area contributed by atoms with Crippen LogP contribution in [-0.4, -0.2) is 77.4 Å². The number of amides is 1. The molecule has 3 aliphatic rings. The van der Waals surface area contributed by atoms with Crippen LogP contribution in [0, 0.1) is 16.7 Å². The van der Waals surface area contributed by atoms with Crippen molar-refractivity contribution in [2.24, 2.45) is 5.41 Å². The number of benzene rings is 1. The molecule has 1 aromatic carbocycles. The molecule has 0 spiro atoms. The van der Waals surface area contributed by atoms with Crippen molar-refractivity contribution >= 4 is 17.4 Å². The van der Waals surface area contributed by atoms with E-state index in [0.717, 1.165) is 28.4 Å². The predicted octanol–water partition coefficient (Wildman–Crippen LogP) is 3.39. The van der Waals surface area contributed by atoms with Gasteiger partial charge in [0.05, 0.1) is 75.0 Å². The number of nitrogens with one attached hydrogen (secondary N) is 2. The summed E-state index contributed by atoms with van der Waals surface area (Å²) in [6.45, 7) is 2.28. The molecule has 1 saturated carbocycles. The molecule has 1 atom stereocenters. The zero-order valence-corrected chi connectivity index (χ0v) is 23.9. The maximum Gasteiger partial charge on any atom is 0.414 e. The van der Waals surface area contributed by atoms with E-state index < -0.39 is 23.3 Å². The highest BCUT2D eigenvalue weighted by molar-refractivity contribution is 6.17. The second-order valence-corrected chi connectivity index (χ2v) is 12.0. The van der Waals surface area contributed by atoms with Crippen molar-refractivity contribution in [1.29, 1.82) is 5.26 Å². The lowest BCUT2D eigenvalue weighted by Crippen LogP contribution is -2.57. The largest absolute Gasteiger partial charge is 0.414 e. The van der Waals surface area contributed by atoms with Gasteiger partial charge in [-0.3, -0.25) is 9.59 Å². The summed E-state index contributed by atoms with van der Waals surface area (Å²) in [6, 6.07) is 8.97. The lowest BCUT2D eigenvalue weighted by atomic mass is 9.75. The van der Waals surface area contributed by atoms with Crippen LogP contribution >= 0.6 is 0 Å². The number of likely N-dealkylation sites (N-methyl/N-ethyl adjacent to an activating group) is 1. The number of carbonyl (C=O) groups excluding carboxylic acids is 2. The van der Waals surface area contributed by atoms with E-state index >= 15 is 0 Å². The molecule has 9 nitrogen and oxygen atoms in total. The van der Waals surface area contributed by atoms with Gasteiger partial charge in [-0.05, 0) is 61.7 Å². The Kier molecular flexibility index (Phi) is 7.27. The van der Waals surface area contributed by atoms with Crippen LogP contribution < -0.4 is 10.6 Å². The summed E-state index contributed by atoms with van der Waals surface area (Å²) in [4.78, 5) is 27.9. The summed E-state index contributed by atoms with van der Waals surface area (Å²) in [5.74, 6) is -2.66. The van der Waals surface area contributed by atoms with E-state index in [2.05, 4.69) is 42.9 Å². The number of nitrogens with zero attached hydrogens (tertiary/aromatic N) is 5. The lowest BCUT2D eigenvalue weighted by Gasteiger charge is -2.35. The minimum atomic E-state index is -5.13. The second-order valence-electron chi connectivity index (χ2n) is 12.0. The first-order chi connectivity index (χ1) is 19.7. The Hall–Kier alpha value is -4.37. The molecule has 2 aromatic rings. The molecule has 0 radical (unpaired) electrons. The van der Waals surface area contributed by atoms with E-state index in [1.54, 1.807) is 29.2 Å². The molecular formula is C30H33F3N7O2+. The van der Waals surface area contributed by atoms with Gasteiger partial charge >= 0.3 is 6.18 Å². The molecule has 5 rings (SSSR count). The first kappa shape index (κ1) is 29.1. The highest BCUT2D eigenvalue weighted by Crippen LogP contribution is 2.47. The van der Waals surface area contributed by atoms with Crippen LogP contribution in [0.3, 0.4) is 0 Å². The van der Waals surface area contributed by atoms with Crippen LogP contribution in [0.1, 0.15) is 36.6 Å². The van der Waals surface area contributed by atoms with E-state index in [1.807, 2.05) is 12.1 Å². The minimum Gasteiger partial charge on any atom is -0.364 e. The van der Waals surface area contributed by atoms with Gasteiger partial charge in [0.1, 0.15) is 0 Å². The Morgan fingerprint density at radius 1 is 1.26 bits per heavy atom. The van der Waals surface area contributed by atoms with Crippen molar-refractivity contribution < 1.29 is 27.2 Å². The topological polar surface area (TPSA) is 103 Å². The first-order valence-electron chi connectivity index (χ1n) is 13.7. The van der Waals surface area contributed by atoms with Crippen LogP contribution in [0.25, 0.3) is 11.4 Å². The van der Waals surface area contributed by atoms with Crippen molar-refractivity contribution in [3.05, 3.63) is 76.9 Å². The molecule has 1 amide bonds. The van der Waals surface area contributed by atoms with Gasteiger partial charge in [0.25, 0.3) is 0 Å². The van der Waals surface area contributed by atoms with Crippen LogP contribution in [0.15, 0.2) is 60.1 Å². The SMILES string of the molecule is CC1=CC(C(=O)NC2CC2)(C(F)(F)F)C(=O)C(N2C=C(c3ccnn3-c3ccc(C#N)cc3CC[N+](C)(C)C)NC2)=C1. The summed E-state index contributed by atoms with van der Waals surface area (Å²) in [7, 11) is 6.24. The van der Waals surface area contributed by atoms with Gasteiger partial charge in [-0.25, -0.2) is 4.68 Å². The summed E-state index contributed by atoms with van der Waals surface area (Å²) < 4.78 is 46.0. The molecule has 0 bridgehead atoms. The van der Waals surface area contributed by atoms with Crippen LogP contribution in [0.4, 0.5) is 13.2 Å². The number of carbonyl (C=O) groups is 2. The van der Waals surface area contributed by atoms with Gasteiger partial charge in [0.2, 0.25) is 17.1 Å². The molecular weight excluding hydrogens is 547 g/mol. The fourth-order valence-corrected chi connectivity index (χ4v) is 5.13. The molecule has 1 fully saturated rings. The fraction of sp³-hybridized carbons (Fsp3) is 0.400. The van der Waals surface area contributed by atoms with Gasteiger partial charge in [0.15, 0.2) is 0 Å². The Morgan fingerprint density at radius 3 is 2.64 bits per heavy atom. The molecule has 1 unspecified atom stereocenters. The number of hydrogen-bond donors (Lipinski definition) is 2. The predicted molar refractivity (Wildman–Crippen MR) is 149 cm³/mol. The summed E-state index contributed by atoms with van der Waals surface area (Å²) in [5.41, 5.74) is 0.0128. The third kappa shape index (κ3) is 5.44. The van der Waals surface area contributed by atoms with E-state index in [1.165, 1.54) is 17.9 Å². The van der Waals surface area contributed by atoms with Crippen molar-refractivity contribution in [2.45, 2.75) is 38.4 Å². The Bertz CT molecular complexity index is 1570. The quantitative estimate of drug-likeness (QED) is 0.367. The monoisotopic (exact) mass is 580 g/mol. The van der Waals surface area contributed by atoms with E-state index in [9.17, 15) is 28.0 Å². The van der Waals surface area contributed by atoms with Crippen molar-refractivity contribution in [3.63, 3.8) is 0 Å². The lowest BCUT2D eigenvalue weighted by molar-refractivity contribution is -0.870. The number of quaternary nitrogens is 1. The number of nitriles is 1. The van der Waals surface area contributed by atoms with Gasteiger partial charge in [0, 0.05) is 18.7 Å². The molecule has 0 saturated heterocycles. The summed E-state index contributed by atoms with van der Waals surface area (Å²) in [5, 5.41) is 19.5. The highest BCUT2D eigenvalue weighted by Gasteiger charge is 2.66. The summed E-state index contributed by atoms with van der Waals surface area (Å²) in [6.07, 6.45) is 2.00. The number of Topliss-reactive ketones (excluding diaryl/α,β-unsaturated/α-hetero) is 1. The van der Waals surface area contributed by atoms with Gasteiger partial charge in [-0.15, -0.1) is 0 Å². The van der Waals surface area contributed by atoms with E-state index in [-0.39, 0.29) is 24.0 Å². The fourth-order valence-electron chi connectivity index (χ4n) is 5.13. The summed E-state index contributed by atoms with van der Waals surface area (Å²) >= 11 is 0. The molecule has 1 aromatic heterocycles. The Morgan fingerprint density at radius 2 is 2.00 bits per heavy atom. The van der Waals surface area contributed by atoms with Crippen molar-refractivity contribution in [2.75, 3.05) is 34.4 Å². The maximum atomic E-state index is 14.5. The molecule has 2 N–H and O–H groups in total. The number of alkyl halides is 3. The highest BCUT2D eigenvalue weighted by atomic mass is 19.4. The number of ketones is 1. The molecule has 220 valence electrons. The average molecular weight is 581 g/mol. The number of aromatic nitrogens is 2. The number of allylic oxidation sites excluding steroid dienone is 3. The Labute approximate surface area is 242 Å². The number of hydrogen-bond acceptors (Lipinski definition) is 6. The molecule has 42 heavy (non-hydrogen) atoms. The molecule has 1 aliphatic heterocycles. The van der Waals surface area contributed by atoms with Crippen LogP contribution in [-0.2, 0) is 16.0 Å². The Balaban J connectivity index is 1.48. The van der Waals surface area contributed by atoms with Crippen LogP contribution in [0.5, 0.6) is 0 Å². The van der Waals surface area contributed by atoms with Gasteiger partial charge in [-0.2, -0.15) is 23.5 Å². The van der Waals surface area contributed by atoms with Gasteiger partial charge < -0.3 is 20.0 Å². The molecule has 12 heteroatoms. The van der Waals surface area contributed by atoms with E-state index in [4.69, 9.17) is 0 Å². The second kappa shape index (κ2) is 10.5. The zero-order chi connectivity index (χ0) is 30.4. The minimum absolute atomic E-state index is 0.0191. The third-order valence-electron chi connectivity index (χ3n) is 7.56. The molecule has 2 heterocycles. The average Bonchev–Trinajstić information content (AvgIpc) is 3.38. The molecule has 2 aliphatic carbocycles. The van der Waals surface area contributed by atoms with Crippen molar-refractivity contribution in [3.8, 4) is 11.8 Å². The normalized spacial score (nSPS) is 20.9. The van der Waals surface area contributed by atoms with Crippen LogP contribution in [0.2, 0.25) is 0 Å². The first-order valence-corrected chi connectivity index (χ1v) is 13.7. The van der Waals surface area contributed by atoms with Crippen molar-refractivity contribution in [1.82, 2.24) is 25.3 Å². The number of halogens is 3. The maximum absolute atomic E-state index is 14.5. The zero-order valence-electron chi connectivity index (χ0n) is 23.9. The standard InChI is InChI=1S/C30H32F3N7O2/c1-19-13-26(27(41)29(15-19,30(31,32)33)28(42)37-22-6-7-22)38-17-23(35-18-38)25-9-11-36-39(25)24-8-5-20(16-34)14-21(24)10-12-40(2,3)4/h5,8-9,11,13-15,17,22,35H,6-7,10,12,18H2,1-4H3/p+1. The van der Waals surface area contributed by atoms with E-state index in [0.29, 0.717) is 36.2 Å². The van der Waals surface area contributed by atoms with Gasteiger partial charge in [-0.1, -0.05) is 5.57 Å². The third-order valence-corrected chi connectivity index (χ3v) is 7.56. The number of rotatable bonds is 8.